The summed E-state index contributed by atoms with van der Waals surface area (Å²) in [6.45, 7) is 5.26. The molecule has 2 heterocycles. The van der Waals surface area contributed by atoms with Gasteiger partial charge in [0.2, 0.25) is 0 Å². The smallest absolute Gasteiger partial charge is 0.305 e. The van der Waals surface area contributed by atoms with E-state index in [0.717, 1.165) is 25.2 Å². The monoisotopic (exact) mass is 283 g/mol. The molecule has 8 heteroatoms. The molecule has 0 bridgehead atoms. The number of carboxylic acid groups (broad SMARTS) is 1. The van der Waals surface area contributed by atoms with Gasteiger partial charge in [0.25, 0.3) is 0 Å². The van der Waals surface area contributed by atoms with Gasteiger partial charge >= 0.3 is 5.97 Å². The van der Waals surface area contributed by atoms with E-state index < -0.39 is 5.97 Å². The van der Waals surface area contributed by atoms with E-state index >= 15 is 0 Å². The molecule has 0 saturated carbocycles. The van der Waals surface area contributed by atoms with Crippen molar-refractivity contribution in [2.75, 3.05) is 19.8 Å². The number of hydrogen-bond acceptors (Lipinski definition) is 6. The molecule has 1 aliphatic rings. The number of aliphatic carboxylic acids is 1. The van der Waals surface area contributed by atoms with Crippen LogP contribution < -0.4 is 0 Å². The fourth-order valence-corrected chi connectivity index (χ4v) is 2.29. The number of aromatic nitrogens is 4. The van der Waals surface area contributed by atoms with Gasteiger partial charge in [0.15, 0.2) is 5.82 Å². The molecule has 1 aromatic heterocycles. The first-order valence-corrected chi connectivity index (χ1v) is 6.99. The van der Waals surface area contributed by atoms with Gasteiger partial charge in [-0.1, -0.05) is 13.3 Å². The number of nitrogens with zero attached hydrogens (tertiary/aromatic N) is 5. The lowest BCUT2D eigenvalue weighted by molar-refractivity contribution is -0.140. The standard InChI is InChI=1S/C12H21N5O3/c1-2-3-4-17-11(13-14-15-17)8-16-5-6-20-9-10(16)7-12(18)19/h10H,2-9H2,1H3,(H,18,19). The Morgan fingerprint density at radius 3 is 3.15 bits per heavy atom. The number of hydrogen-bond donors (Lipinski definition) is 1. The summed E-state index contributed by atoms with van der Waals surface area (Å²) < 4.78 is 7.17. The minimum absolute atomic E-state index is 0.0799. The highest BCUT2D eigenvalue weighted by Gasteiger charge is 2.26. The molecule has 2 rings (SSSR count). The Bertz CT molecular complexity index is 436. The van der Waals surface area contributed by atoms with E-state index in [4.69, 9.17) is 9.84 Å². The van der Waals surface area contributed by atoms with Gasteiger partial charge in [-0.3, -0.25) is 9.69 Å². The largest absolute Gasteiger partial charge is 0.481 e. The quantitative estimate of drug-likeness (QED) is 0.761. The molecule has 8 nitrogen and oxygen atoms in total. The maximum absolute atomic E-state index is 10.9. The van der Waals surface area contributed by atoms with E-state index in [2.05, 4.69) is 27.3 Å². The van der Waals surface area contributed by atoms with Crippen LogP contribution in [0.4, 0.5) is 0 Å². The molecule has 1 N–H and O–H groups in total. The molecule has 0 aromatic carbocycles. The third kappa shape index (κ3) is 3.97. The Hall–Kier alpha value is -1.54. The van der Waals surface area contributed by atoms with Crippen molar-refractivity contribution in [1.82, 2.24) is 25.1 Å². The lowest BCUT2D eigenvalue weighted by atomic mass is 10.1. The van der Waals surface area contributed by atoms with Crippen molar-refractivity contribution in [3.05, 3.63) is 5.82 Å². The van der Waals surface area contributed by atoms with Crippen LogP contribution in [0, 0.1) is 0 Å². The average Bonchev–Trinajstić information content (AvgIpc) is 2.85. The third-order valence-corrected chi connectivity index (χ3v) is 3.43. The molecule has 112 valence electrons. The lowest BCUT2D eigenvalue weighted by Crippen LogP contribution is -2.46. The highest BCUT2D eigenvalue weighted by molar-refractivity contribution is 5.67. The molecule has 1 saturated heterocycles. The molecular weight excluding hydrogens is 262 g/mol. The van der Waals surface area contributed by atoms with Crippen LogP contribution in [0.5, 0.6) is 0 Å². The van der Waals surface area contributed by atoms with Crippen LogP contribution in [0.3, 0.4) is 0 Å². The highest BCUT2D eigenvalue weighted by Crippen LogP contribution is 2.14. The number of morpholine rings is 1. The fourth-order valence-electron chi connectivity index (χ4n) is 2.29. The SMILES string of the molecule is CCCCn1nnnc1CN1CCOCC1CC(=O)O. The van der Waals surface area contributed by atoms with E-state index in [0.29, 0.717) is 26.3 Å². The summed E-state index contributed by atoms with van der Waals surface area (Å²) in [5.74, 6) is -0.0215. The molecule has 1 unspecified atom stereocenters. The Balaban J connectivity index is 1.99. The zero-order chi connectivity index (χ0) is 14.4. The van der Waals surface area contributed by atoms with Gasteiger partial charge in [0.1, 0.15) is 0 Å². The Kier molecular flexibility index (Phi) is 5.42. The molecular formula is C12H21N5O3. The van der Waals surface area contributed by atoms with E-state index in [1.165, 1.54) is 0 Å². The number of carbonyl (C=O) groups is 1. The molecule has 1 atom stereocenters. The third-order valence-electron chi connectivity index (χ3n) is 3.43. The summed E-state index contributed by atoms with van der Waals surface area (Å²) in [6, 6.07) is -0.113. The normalized spacial score (nSPS) is 20.1. The Morgan fingerprint density at radius 1 is 1.55 bits per heavy atom. The van der Waals surface area contributed by atoms with Gasteiger partial charge in [-0.2, -0.15) is 0 Å². The van der Waals surface area contributed by atoms with Gasteiger partial charge in [0, 0.05) is 19.1 Å². The molecule has 0 aliphatic carbocycles. The lowest BCUT2D eigenvalue weighted by Gasteiger charge is -2.34. The molecule has 0 spiro atoms. The van der Waals surface area contributed by atoms with Crippen molar-refractivity contribution in [2.45, 2.75) is 45.3 Å². The van der Waals surface area contributed by atoms with Gasteiger partial charge in [0.05, 0.1) is 26.2 Å². The predicted molar refractivity (Wildman–Crippen MR) is 70.0 cm³/mol. The van der Waals surface area contributed by atoms with E-state index in [-0.39, 0.29) is 12.5 Å². The average molecular weight is 283 g/mol. The van der Waals surface area contributed by atoms with Crippen molar-refractivity contribution in [1.29, 1.82) is 0 Å². The minimum Gasteiger partial charge on any atom is -0.481 e. The molecule has 1 aromatic rings. The molecule has 20 heavy (non-hydrogen) atoms. The van der Waals surface area contributed by atoms with E-state index in [1.807, 2.05) is 0 Å². The van der Waals surface area contributed by atoms with Crippen molar-refractivity contribution in [3.8, 4) is 0 Å². The molecule has 1 aliphatic heterocycles. The maximum atomic E-state index is 10.9. The first-order valence-electron chi connectivity index (χ1n) is 6.99. The van der Waals surface area contributed by atoms with Gasteiger partial charge in [-0.05, 0) is 16.8 Å². The summed E-state index contributed by atoms with van der Waals surface area (Å²) in [7, 11) is 0. The number of tetrazole rings is 1. The Labute approximate surface area is 117 Å². The van der Waals surface area contributed by atoms with Crippen molar-refractivity contribution < 1.29 is 14.6 Å². The predicted octanol–water partition coefficient (Wildman–Crippen LogP) is 0.149. The van der Waals surface area contributed by atoms with Gasteiger partial charge in [-0.25, -0.2) is 4.68 Å². The number of ether oxygens (including phenoxy) is 1. The summed E-state index contributed by atoms with van der Waals surface area (Å²) in [4.78, 5) is 13.0. The molecule has 0 amide bonds. The summed E-state index contributed by atoms with van der Waals surface area (Å²) in [5, 5.41) is 20.7. The maximum Gasteiger partial charge on any atom is 0.305 e. The van der Waals surface area contributed by atoms with E-state index in [9.17, 15) is 4.79 Å². The minimum atomic E-state index is -0.809. The number of aryl methyl sites for hydroxylation is 1. The van der Waals surface area contributed by atoms with Crippen molar-refractivity contribution in [3.63, 3.8) is 0 Å². The first-order chi connectivity index (χ1) is 9.70. The summed E-state index contributed by atoms with van der Waals surface area (Å²) >= 11 is 0. The van der Waals surface area contributed by atoms with E-state index in [1.54, 1.807) is 4.68 Å². The first kappa shape index (κ1) is 14.9. The fraction of sp³-hybridized carbons (Fsp3) is 0.833. The van der Waals surface area contributed by atoms with Crippen LogP contribution >= 0.6 is 0 Å². The molecule has 1 fully saturated rings. The number of unbranched alkanes of at least 4 members (excludes halogenated alkanes) is 1. The van der Waals surface area contributed by atoms with Crippen LogP contribution in [0.1, 0.15) is 32.0 Å². The van der Waals surface area contributed by atoms with Gasteiger partial charge in [-0.15, -0.1) is 5.10 Å². The second-order valence-corrected chi connectivity index (χ2v) is 4.97. The van der Waals surface area contributed by atoms with Crippen molar-refractivity contribution in [2.24, 2.45) is 0 Å². The zero-order valence-corrected chi connectivity index (χ0v) is 11.7. The number of carboxylic acids is 1. The van der Waals surface area contributed by atoms with Crippen LogP contribution in [-0.2, 0) is 22.6 Å². The molecule has 0 radical (unpaired) electrons. The summed E-state index contributed by atoms with van der Waals surface area (Å²) in [5.41, 5.74) is 0. The Morgan fingerprint density at radius 2 is 2.40 bits per heavy atom. The summed E-state index contributed by atoms with van der Waals surface area (Å²) in [6.07, 6.45) is 2.19. The van der Waals surface area contributed by atoms with Crippen LogP contribution in [0.15, 0.2) is 0 Å². The van der Waals surface area contributed by atoms with Crippen LogP contribution in [0.2, 0.25) is 0 Å². The van der Waals surface area contributed by atoms with Crippen LogP contribution in [-0.4, -0.2) is 62.0 Å². The second kappa shape index (κ2) is 7.30. The zero-order valence-electron chi connectivity index (χ0n) is 11.7. The van der Waals surface area contributed by atoms with Gasteiger partial charge < -0.3 is 9.84 Å². The number of rotatable bonds is 7. The second-order valence-electron chi connectivity index (χ2n) is 4.97. The van der Waals surface area contributed by atoms with Crippen molar-refractivity contribution >= 4 is 5.97 Å². The topological polar surface area (TPSA) is 93.4 Å². The highest BCUT2D eigenvalue weighted by atomic mass is 16.5. The van der Waals surface area contributed by atoms with Crippen LogP contribution in [0.25, 0.3) is 0 Å².